The summed E-state index contributed by atoms with van der Waals surface area (Å²) in [7, 11) is 0. The molecule has 3 rings (SSSR count). The normalized spacial score (nSPS) is 29.0. The Labute approximate surface area is 292 Å². The number of esters is 6. The molecule has 1 aromatic carbocycles. The molecule has 10 atom stereocenters. The van der Waals surface area contributed by atoms with E-state index in [0.29, 0.717) is 0 Å². The summed E-state index contributed by atoms with van der Waals surface area (Å²) < 4.78 is 51.5. The Hall–Kier alpha value is -4.26. The molecule has 0 aliphatic carbocycles. The number of hydrogen-bond donors (Lipinski definition) is 1. The van der Waals surface area contributed by atoms with Crippen LogP contribution in [-0.2, 0) is 76.2 Å². The Morgan fingerprint density at radius 2 is 1.08 bits per heavy atom. The Kier molecular flexibility index (Phi) is 15.0. The van der Waals surface area contributed by atoms with Crippen molar-refractivity contribution in [1.82, 2.24) is 5.32 Å². The molecular formula is C32H41NO16S. The van der Waals surface area contributed by atoms with Gasteiger partial charge in [-0.2, -0.15) is 0 Å². The zero-order valence-corrected chi connectivity index (χ0v) is 29.3. The summed E-state index contributed by atoms with van der Waals surface area (Å²) in [6.07, 6.45) is -11.8. The first-order valence-electron chi connectivity index (χ1n) is 15.5. The van der Waals surface area contributed by atoms with Gasteiger partial charge in [0, 0.05) is 53.4 Å². The predicted octanol–water partition coefficient (Wildman–Crippen LogP) is 0.971. The molecule has 2 fully saturated rings. The quantitative estimate of drug-likeness (QED) is 0.221. The number of thioether (sulfide) groups is 1. The third-order valence-electron chi connectivity index (χ3n) is 7.00. The van der Waals surface area contributed by atoms with Gasteiger partial charge in [-0.1, -0.05) is 30.0 Å². The minimum absolute atomic E-state index is 0.443. The van der Waals surface area contributed by atoms with E-state index in [-0.39, 0.29) is 0 Å². The molecule has 0 saturated carbocycles. The van der Waals surface area contributed by atoms with Gasteiger partial charge >= 0.3 is 35.8 Å². The lowest BCUT2D eigenvalue weighted by Crippen LogP contribution is -2.68. The number of benzene rings is 1. The van der Waals surface area contributed by atoms with Crippen LogP contribution in [0, 0.1) is 0 Å². The Morgan fingerprint density at radius 3 is 1.58 bits per heavy atom. The van der Waals surface area contributed by atoms with Gasteiger partial charge in [-0.25, -0.2) is 0 Å². The molecule has 17 nitrogen and oxygen atoms in total. The van der Waals surface area contributed by atoms with Crippen LogP contribution in [0.1, 0.15) is 48.5 Å². The molecule has 276 valence electrons. The number of carbonyl (C=O) groups excluding carboxylic acids is 7. The van der Waals surface area contributed by atoms with Crippen molar-refractivity contribution in [1.29, 1.82) is 0 Å². The van der Waals surface area contributed by atoms with Crippen LogP contribution in [-0.4, -0.2) is 115 Å². The fraction of sp³-hybridized carbons (Fsp3) is 0.594. The van der Waals surface area contributed by atoms with Crippen LogP contribution in [0.3, 0.4) is 0 Å². The second-order valence-electron chi connectivity index (χ2n) is 11.2. The van der Waals surface area contributed by atoms with Crippen molar-refractivity contribution >= 4 is 53.5 Å². The number of hydrogen-bond acceptors (Lipinski definition) is 17. The lowest BCUT2D eigenvalue weighted by atomic mass is 9.95. The monoisotopic (exact) mass is 727 g/mol. The van der Waals surface area contributed by atoms with Crippen LogP contribution in [0.25, 0.3) is 0 Å². The van der Waals surface area contributed by atoms with Crippen molar-refractivity contribution in [2.45, 2.75) is 114 Å². The van der Waals surface area contributed by atoms with Gasteiger partial charge in [0.2, 0.25) is 5.91 Å². The van der Waals surface area contributed by atoms with E-state index in [4.69, 9.17) is 42.6 Å². The van der Waals surface area contributed by atoms with Gasteiger partial charge in [0.05, 0.1) is 0 Å². The molecular weight excluding hydrogens is 686 g/mol. The van der Waals surface area contributed by atoms with Crippen molar-refractivity contribution in [3.8, 4) is 0 Å². The summed E-state index contributed by atoms with van der Waals surface area (Å²) in [6.45, 7) is 6.88. The van der Waals surface area contributed by atoms with Gasteiger partial charge in [0.1, 0.15) is 43.0 Å². The van der Waals surface area contributed by atoms with Crippen LogP contribution in [0.5, 0.6) is 0 Å². The average Bonchev–Trinajstić information content (AvgIpc) is 3.00. The third kappa shape index (κ3) is 12.0. The van der Waals surface area contributed by atoms with Crippen molar-refractivity contribution in [2.24, 2.45) is 0 Å². The molecule has 6 unspecified atom stereocenters. The van der Waals surface area contributed by atoms with Crippen LogP contribution in [0.2, 0.25) is 0 Å². The topological polar surface area (TPSA) is 215 Å². The number of rotatable bonds is 13. The van der Waals surface area contributed by atoms with Gasteiger partial charge < -0.3 is 47.9 Å². The largest absolute Gasteiger partial charge is 0.463 e. The number of ether oxygens (including phenoxy) is 9. The highest BCUT2D eigenvalue weighted by atomic mass is 32.2. The molecule has 2 saturated heterocycles. The maximum Gasteiger partial charge on any atom is 0.303 e. The molecule has 1 amide bonds. The SMILES string of the molecule is CC(=O)NC1C(OC(C)=O)[C@H](O[C@@H]2OC(COC(C)=O)[C@H](OC(C)=O)C(OC(C)=O)C2OC(C)=O)C(COC(C)=O)O[C@H]1Sc1ccccc1. The van der Waals surface area contributed by atoms with E-state index in [1.165, 1.54) is 18.7 Å². The Morgan fingerprint density at radius 1 is 0.600 bits per heavy atom. The lowest BCUT2D eigenvalue weighted by molar-refractivity contribution is -0.336. The highest BCUT2D eigenvalue weighted by molar-refractivity contribution is 7.99. The van der Waals surface area contributed by atoms with E-state index in [2.05, 4.69) is 5.32 Å². The smallest absolute Gasteiger partial charge is 0.303 e. The minimum Gasteiger partial charge on any atom is -0.463 e. The minimum atomic E-state index is -1.72. The summed E-state index contributed by atoms with van der Waals surface area (Å²) in [5, 5.41) is 2.75. The zero-order valence-electron chi connectivity index (χ0n) is 28.5. The molecule has 2 heterocycles. The Bertz CT molecular complexity index is 1390. The van der Waals surface area contributed by atoms with Crippen LogP contribution >= 0.6 is 11.8 Å². The molecule has 0 bridgehead atoms. The summed E-state index contributed by atoms with van der Waals surface area (Å²) in [6, 6.07) is 7.87. The van der Waals surface area contributed by atoms with E-state index >= 15 is 0 Å². The summed E-state index contributed by atoms with van der Waals surface area (Å²) in [4.78, 5) is 86.4. The summed E-state index contributed by atoms with van der Waals surface area (Å²) in [5.74, 6) is -5.28. The van der Waals surface area contributed by atoms with Crippen molar-refractivity contribution in [2.75, 3.05) is 13.2 Å². The van der Waals surface area contributed by atoms with E-state index < -0.39 is 115 Å². The molecule has 1 aromatic rings. The molecule has 18 heteroatoms. The molecule has 2 aliphatic heterocycles. The Balaban J connectivity index is 2.16. The zero-order chi connectivity index (χ0) is 37.1. The standard InChI is InChI=1S/C32H41NO16S/c1-15(34)33-25-28(44-19(5)38)26(24(14-42-17(3)36)48-32(25)50-22-11-9-8-10-12-22)49-31-30(46-21(7)40)29(45-20(6)39)27(43-18(4)37)23(47-31)13-41-16(2)35/h8-12,23-32H,13-14H2,1-7H3,(H,33,34)/t23?,24?,25?,26-,27+,28?,29?,30?,31+,32+/m1/s1. The fourth-order valence-electron chi connectivity index (χ4n) is 5.31. The highest BCUT2D eigenvalue weighted by Gasteiger charge is 2.57. The lowest BCUT2D eigenvalue weighted by Gasteiger charge is -2.49. The van der Waals surface area contributed by atoms with Gasteiger partial charge in [0.25, 0.3) is 0 Å². The predicted molar refractivity (Wildman–Crippen MR) is 168 cm³/mol. The molecule has 0 spiro atoms. The average molecular weight is 728 g/mol. The molecule has 2 aliphatic rings. The summed E-state index contributed by atoms with van der Waals surface area (Å²) >= 11 is 1.18. The molecule has 0 aromatic heterocycles. The molecule has 50 heavy (non-hydrogen) atoms. The van der Waals surface area contributed by atoms with Gasteiger partial charge in [-0.05, 0) is 12.1 Å². The van der Waals surface area contributed by atoms with E-state index in [9.17, 15) is 33.6 Å². The number of nitrogens with one attached hydrogen (secondary N) is 1. The number of amides is 1. The van der Waals surface area contributed by atoms with E-state index in [0.717, 1.165) is 46.4 Å². The maximum atomic E-state index is 12.6. The fourth-order valence-corrected chi connectivity index (χ4v) is 6.46. The van der Waals surface area contributed by atoms with E-state index in [1.807, 2.05) is 0 Å². The van der Waals surface area contributed by atoms with Gasteiger partial charge in [-0.3, -0.25) is 33.6 Å². The highest BCUT2D eigenvalue weighted by Crippen LogP contribution is 2.38. The van der Waals surface area contributed by atoms with Gasteiger partial charge in [0.15, 0.2) is 30.7 Å². The first-order valence-corrected chi connectivity index (χ1v) is 16.3. The second kappa shape index (κ2) is 18.7. The first-order chi connectivity index (χ1) is 23.5. The third-order valence-corrected chi connectivity index (χ3v) is 8.19. The molecule has 1 N–H and O–H groups in total. The molecule has 0 radical (unpaired) electrons. The summed E-state index contributed by atoms with van der Waals surface area (Å²) in [5.41, 5.74) is -0.943. The van der Waals surface area contributed by atoms with Crippen LogP contribution in [0.4, 0.5) is 0 Å². The van der Waals surface area contributed by atoms with E-state index in [1.54, 1.807) is 30.3 Å². The van der Waals surface area contributed by atoms with Crippen molar-refractivity contribution < 1.29 is 76.2 Å². The van der Waals surface area contributed by atoms with Crippen LogP contribution < -0.4 is 5.32 Å². The van der Waals surface area contributed by atoms with Gasteiger partial charge in [-0.15, -0.1) is 0 Å². The van der Waals surface area contributed by atoms with Crippen molar-refractivity contribution in [3.63, 3.8) is 0 Å². The maximum absolute atomic E-state index is 12.6. The second-order valence-corrected chi connectivity index (χ2v) is 12.4. The number of carbonyl (C=O) groups is 7. The van der Waals surface area contributed by atoms with Crippen LogP contribution in [0.15, 0.2) is 35.2 Å². The first kappa shape index (κ1) is 40.2. The van der Waals surface area contributed by atoms with Crippen molar-refractivity contribution in [3.05, 3.63) is 30.3 Å².